The molecule has 0 aliphatic carbocycles. The van der Waals surface area contributed by atoms with Gasteiger partial charge in [-0.25, -0.2) is 8.78 Å². The summed E-state index contributed by atoms with van der Waals surface area (Å²) >= 11 is 0. The van der Waals surface area contributed by atoms with Crippen molar-refractivity contribution in [2.45, 2.75) is 26.5 Å². The van der Waals surface area contributed by atoms with Crippen LogP contribution in [0, 0.1) is 18.6 Å². The zero-order valence-electron chi connectivity index (χ0n) is 15.9. The molecular weight excluding hydrogens is 479 g/mol. The average Bonchev–Trinajstić information content (AvgIpc) is 2.67. The first-order valence-corrected chi connectivity index (χ1v) is 8.78. The van der Waals surface area contributed by atoms with Crippen molar-refractivity contribution in [3.63, 3.8) is 0 Å². The van der Waals surface area contributed by atoms with Crippen LogP contribution in [0.25, 0.3) is 0 Å². The van der Waals surface area contributed by atoms with Crippen molar-refractivity contribution < 1.29 is 18.3 Å². The van der Waals surface area contributed by atoms with E-state index in [4.69, 9.17) is 9.47 Å². The Hall–Kier alpha value is -1.94. The average molecular weight is 503 g/mol. The van der Waals surface area contributed by atoms with E-state index in [2.05, 4.69) is 15.6 Å². The molecular formula is C20H24F2IN3O2. The normalized spacial score (nSPS) is 13.2. The first kappa shape index (κ1) is 22.4. The van der Waals surface area contributed by atoms with Gasteiger partial charge in [0, 0.05) is 25.7 Å². The SMILES string of the molecule is CN=C(NCCc1cc(F)cc2c1OCOC2)NCc1ccc(F)c(C)c1.I. The van der Waals surface area contributed by atoms with Crippen LogP contribution in [0.1, 0.15) is 22.3 Å². The molecule has 8 heteroatoms. The monoisotopic (exact) mass is 503 g/mol. The Kier molecular flexibility index (Phi) is 8.43. The highest BCUT2D eigenvalue weighted by Gasteiger charge is 2.16. The van der Waals surface area contributed by atoms with Gasteiger partial charge < -0.3 is 20.1 Å². The minimum Gasteiger partial charge on any atom is -0.467 e. The number of rotatable bonds is 5. The molecule has 0 bridgehead atoms. The van der Waals surface area contributed by atoms with Gasteiger partial charge in [0.1, 0.15) is 17.4 Å². The molecule has 1 heterocycles. The summed E-state index contributed by atoms with van der Waals surface area (Å²) in [6, 6.07) is 7.92. The van der Waals surface area contributed by atoms with Crippen LogP contribution < -0.4 is 15.4 Å². The minimum absolute atomic E-state index is 0. The lowest BCUT2D eigenvalue weighted by molar-refractivity contribution is -0.0172. The molecule has 3 rings (SSSR count). The topological polar surface area (TPSA) is 54.9 Å². The number of fused-ring (bicyclic) bond motifs is 1. The Balaban J connectivity index is 0.00000280. The molecule has 0 fully saturated rings. The third-order valence-corrected chi connectivity index (χ3v) is 4.34. The molecule has 0 saturated heterocycles. The van der Waals surface area contributed by atoms with E-state index in [1.54, 1.807) is 26.1 Å². The molecule has 152 valence electrons. The third kappa shape index (κ3) is 5.78. The quantitative estimate of drug-likeness (QED) is 0.372. The molecule has 0 atom stereocenters. The van der Waals surface area contributed by atoms with Crippen LogP contribution in [0.5, 0.6) is 5.75 Å². The van der Waals surface area contributed by atoms with E-state index < -0.39 is 0 Å². The van der Waals surface area contributed by atoms with E-state index in [1.807, 2.05) is 0 Å². The zero-order chi connectivity index (χ0) is 19.2. The van der Waals surface area contributed by atoms with Crippen molar-refractivity contribution in [1.29, 1.82) is 0 Å². The highest BCUT2D eigenvalue weighted by Crippen LogP contribution is 2.29. The van der Waals surface area contributed by atoms with Crippen molar-refractivity contribution in [1.82, 2.24) is 10.6 Å². The predicted molar refractivity (Wildman–Crippen MR) is 115 cm³/mol. The maximum Gasteiger partial charge on any atom is 0.191 e. The number of nitrogens with one attached hydrogen (secondary N) is 2. The van der Waals surface area contributed by atoms with Gasteiger partial charge in [-0.1, -0.05) is 12.1 Å². The number of aliphatic imine (C=N–C) groups is 1. The summed E-state index contributed by atoms with van der Waals surface area (Å²) in [7, 11) is 1.68. The highest BCUT2D eigenvalue weighted by atomic mass is 127. The highest BCUT2D eigenvalue weighted by molar-refractivity contribution is 14.0. The van der Waals surface area contributed by atoms with Gasteiger partial charge in [0.05, 0.1) is 6.61 Å². The summed E-state index contributed by atoms with van der Waals surface area (Å²) in [6.45, 7) is 3.35. The molecule has 0 spiro atoms. The summed E-state index contributed by atoms with van der Waals surface area (Å²) in [5, 5.41) is 6.38. The number of aryl methyl sites for hydroxylation is 1. The predicted octanol–water partition coefficient (Wildman–Crippen LogP) is 3.67. The maximum absolute atomic E-state index is 13.8. The molecule has 1 aliphatic heterocycles. The van der Waals surface area contributed by atoms with Crippen molar-refractivity contribution >= 4 is 29.9 Å². The molecule has 1 aliphatic rings. The summed E-state index contributed by atoms with van der Waals surface area (Å²) < 4.78 is 37.8. The van der Waals surface area contributed by atoms with Gasteiger partial charge in [0.15, 0.2) is 12.8 Å². The van der Waals surface area contributed by atoms with Gasteiger partial charge in [-0.3, -0.25) is 4.99 Å². The van der Waals surface area contributed by atoms with E-state index in [9.17, 15) is 8.78 Å². The van der Waals surface area contributed by atoms with Crippen LogP contribution in [-0.4, -0.2) is 26.3 Å². The lowest BCUT2D eigenvalue weighted by Gasteiger charge is -2.21. The van der Waals surface area contributed by atoms with Crippen molar-refractivity contribution in [3.05, 3.63) is 64.2 Å². The summed E-state index contributed by atoms with van der Waals surface area (Å²) in [5.74, 6) is 0.806. The standard InChI is InChI=1S/C20H23F2N3O2.HI/c1-13-7-14(3-4-18(13)22)10-25-20(23-2)24-6-5-15-8-17(21)9-16-11-26-12-27-19(15)16;/h3-4,7-9H,5-6,10-12H2,1-2H3,(H2,23,24,25);1H. The van der Waals surface area contributed by atoms with Crippen LogP contribution in [-0.2, 0) is 24.3 Å². The second kappa shape index (κ2) is 10.6. The van der Waals surface area contributed by atoms with Crippen LogP contribution in [0.4, 0.5) is 8.78 Å². The number of guanidine groups is 1. The number of ether oxygens (including phenoxy) is 2. The Morgan fingerprint density at radius 3 is 2.75 bits per heavy atom. The largest absolute Gasteiger partial charge is 0.467 e. The fraction of sp³-hybridized carbons (Fsp3) is 0.350. The van der Waals surface area contributed by atoms with E-state index in [0.717, 1.165) is 16.7 Å². The lowest BCUT2D eigenvalue weighted by atomic mass is 10.1. The van der Waals surface area contributed by atoms with Crippen LogP contribution in [0.2, 0.25) is 0 Å². The van der Waals surface area contributed by atoms with Gasteiger partial charge in [-0.2, -0.15) is 0 Å². The molecule has 0 amide bonds. The number of hydrogen-bond donors (Lipinski definition) is 2. The fourth-order valence-electron chi connectivity index (χ4n) is 2.98. The van der Waals surface area contributed by atoms with E-state index >= 15 is 0 Å². The molecule has 2 aromatic carbocycles. The second-order valence-electron chi connectivity index (χ2n) is 6.35. The van der Waals surface area contributed by atoms with E-state index in [0.29, 0.717) is 43.4 Å². The fourth-order valence-corrected chi connectivity index (χ4v) is 2.98. The second-order valence-corrected chi connectivity index (χ2v) is 6.35. The Morgan fingerprint density at radius 1 is 1.18 bits per heavy atom. The molecule has 2 N–H and O–H groups in total. The zero-order valence-corrected chi connectivity index (χ0v) is 18.2. The number of hydrogen-bond acceptors (Lipinski definition) is 3. The molecule has 0 unspecified atom stereocenters. The van der Waals surface area contributed by atoms with Gasteiger partial charge in [-0.05, 0) is 48.2 Å². The molecule has 0 radical (unpaired) electrons. The van der Waals surface area contributed by atoms with Crippen molar-refractivity contribution in [2.75, 3.05) is 20.4 Å². The first-order valence-electron chi connectivity index (χ1n) is 8.78. The van der Waals surface area contributed by atoms with Gasteiger partial charge in [-0.15, -0.1) is 24.0 Å². The third-order valence-electron chi connectivity index (χ3n) is 4.34. The van der Waals surface area contributed by atoms with Crippen LogP contribution in [0.3, 0.4) is 0 Å². The molecule has 28 heavy (non-hydrogen) atoms. The van der Waals surface area contributed by atoms with Crippen LogP contribution >= 0.6 is 24.0 Å². The molecule has 2 aromatic rings. The smallest absolute Gasteiger partial charge is 0.191 e. The number of halogens is 3. The Labute approximate surface area is 180 Å². The van der Waals surface area contributed by atoms with Crippen LogP contribution in [0.15, 0.2) is 35.3 Å². The minimum atomic E-state index is -0.299. The maximum atomic E-state index is 13.8. The molecule has 5 nitrogen and oxygen atoms in total. The van der Waals surface area contributed by atoms with Crippen molar-refractivity contribution in [3.8, 4) is 5.75 Å². The number of nitrogens with zero attached hydrogens (tertiary/aromatic N) is 1. The lowest BCUT2D eigenvalue weighted by Crippen LogP contribution is -2.38. The summed E-state index contributed by atoms with van der Waals surface area (Å²) in [5.41, 5.74) is 3.09. The number of benzene rings is 2. The summed E-state index contributed by atoms with van der Waals surface area (Å²) in [4.78, 5) is 4.17. The Morgan fingerprint density at radius 2 is 2.00 bits per heavy atom. The van der Waals surface area contributed by atoms with Crippen molar-refractivity contribution in [2.24, 2.45) is 4.99 Å². The van der Waals surface area contributed by atoms with Gasteiger partial charge >= 0.3 is 0 Å². The molecule has 0 aromatic heterocycles. The molecule has 0 saturated carbocycles. The van der Waals surface area contributed by atoms with E-state index in [-0.39, 0.29) is 42.4 Å². The Bertz CT molecular complexity index is 846. The van der Waals surface area contributed by atoms with E-state index in [1.165, 1.54) is 18.2 Å². The first-order chi connectivity index (χ1) is 13.1. The van der Waals surface area contributed by atoms with Gasteiger partial charge in [0.25, 0.3) is 0 Å². The summed E-state index contributed by atoms with van der Waals surface area (Å²) in [6.07, 6.45) is 0.580. The van der Waals surface area contributed by atoms with Gasteiger partial charge in [0.2, 0.25) is 0 Å².